The minimum absolute atomic E-state index is 0.0249. The lowest BCUT2D eigenvalue weighted by atomic mass is 10.1. The molecule has 0 saturated carbocycles. The molecular formula is C17H15Cl2NO3. The van der Waals surface area contributed by atoms with E-state index in [-0.39, 0.29) is 12.4 Å². The maximum absolute atomic E-state index is 11.4. The Labute approximate surface area is 144 Å². The molecule has 0 radical (unpaired) electrons. The third-order valence-corrected chi connectivity index (χ3v) is 3.99. The van der Waals surface area contributed by atoms with Gasteiger partial charge in [-0.05, 0) is 31.2 Å². The van der Waals surface area contributed by atoms with E-state index in [1.165, 1.54) is 13.1 Å². The summed E-state index contributed by atoms with van der Waals surface area (Å²) >= 11 is 12.0. The van der Waals surface area contributed by atoms with Gasteiger partial charge in [-0.3, -0.25) is 4.79 Å². The Bertz CT molecular complexity index is 745. The Morgan fingerprint density at radius 1 is 1.26 bits per heavy atom. The number of nitrogens with zero attached hydrogens (tertiary/aromatic N) is 1. The maximum Gasteiger partial charge on any atom is 0.159 e. The molecule has 0 aliphatic carbocycles. The number of methoxy groups -OCH3 is 1. The minimum atomic E-state index is -0.0249. The largest absolute Gasteiger partial charge is 0.496 e. The topological polar surface area (TPSA) is 47.9 Å². The first-order valence-corrected chi connectivity index (χ1v) is 7.55. The second-order valence-corrected chi connectivity index (χ2v) is 5.52. The van der Waals surface area contributed by atoms with Crippen molar-refractivity contribution in [1.29, 1.82) is 0 Å². The van der Waals surface area contributed by atoms with Crippen LogP contribution < -0.4 is 4.74 Å². The molecule has 0 bridgehead atoms. The average molecular weight is 352 g/mol. The summed E-state index contributed by atoms with van der Waals surface area (Å²) in [7, 11) is 1.56. The Morgan fingerprint density at radius 3 is 2.74 bits per heavy atom. The van der Waals surface area contributed by atoms with Crippen LogP contribution in [-0.4, -0.2) is 19.1 Å². The molecular weight excluding hydrogens is 337 g/mol. The first kappa shape index (κ1) is 17.3. The number of carbonyl (C=O) groups excluding carboxylic acids is 1. The minimum Gasteiger partial charge on any atom is -0.496 e. The van der Waals surface area contributed by atoms with Crippen LogP contribution in [0.25, 0.3) is 0 Å². The Morgan fingerprint density at radius 2 is 2.04 bits per heavy atom. The van der Waals surface area contributed by atoms with Crippen molar-refractivity contribution >= 4 is 35.2 Å². The van der Waals surface area contributed by atoms with E-state index in [1.54, 1.807) is 43.5 Å². The molecule has 2 aromatic carbocycles. The molecule has 0 N–H and O–H groups in total. The van der Waals surface area contributed by atoms with E-state index >= 15 is 0 Å². The van der Waals surface area contributed by atoms with Crippen LogP contribution in [0.3, 0.4) is 0 Å². The summed E-state index contributed by atoms with van der Waals surface area (Å²) < 4.78 is 5.25. The van der Waals surface area contributed by atoms with Gasteiger partial charge in [0.15, 0.2) is 5.78 Å². The van der Waals surface area contributed by atoms with Gasteiger partial charge in [-0.1, -0.05) is 40.5 Å². The van der Waals surface area contributed by atoms with Gasteiger partial charge in [0, 0.05) is 16.7 Å². The third kappa shape index (κ3) is 4.47. The number of hydrogen-bond acceptors (Lipinski definition) is 4. The standard InChI is InChI=1S/C17H15Cl2NO3/c1-11(21)12-6-7-16(22-2)14(8-12)10-23-20-9-13-4-3-5-15(18)17(13)19/h3-9H,10H2,1-2H3/b20-9-. The molecule has 0 fully saturated rings. The monoisotopic (exact) mass is 351 g/mol. The van der Waals surface area contributed by atoms with Crippen molar-refractivity contribution in [3.63, 3.8) is 0 Å². The normalized spacial score (nSPS) is 10.8. The Hall–Kier alpha value is -2.04. The van der Waals surface area contributed by atoms with E-state index in [0.29, 0.717) is 26.9 Å². The molecule has 2 aromatic rings. The van der Waals surface area contributed by atoms with E-state index < -0.39 is 0 Å². The van der Waals surface area contributed by atoms with Gasteiger partial charge >= 0.3 is 0 Å². The molecule has 0 unspecified atom stereocenters. The van der Waals surface area contributed by atoms with Crippen LogP contribution in [0.5, 0.6) is 5.75 Å². The lowest BCUT2D eigenvalue weighted by molar-refractivity contribution is 0.101. The van der Waals surface area contributed by atoms with E-state index in [1.807, 2.05) is 0 Å². The second-order valence-electron chi connectivity index (χ2n) is 4.73. The second kappa shape index (κ2) is 7.99. The zero-order valence-corrected chi connectivity index (χ0v) is 14.2. The van der Waals surface area contributed by atoms with Gasteiger partial charge in [-0.25, -0.2) is 0 Å². The fraction of sp³-hybridized carbons (Fsp3) is 0.176. The SMILES string of the molecule is COc1ccc(C(C)=O)cc1CO/N=C\c1cccc(Cl)c1Cl. The van der Waals surface area contributed by atoms with Crippen molar-refractivity contribution in [2.24, 2.45) is 5.16 Å². The molecule has 6 heteroatoms. The summed E-state index contributed by atoms with van der Waals surface area (Å²) in [6, 6.07) is 10.4. The number of carbonyl (C=O) groups is 1. The van der Waals surface area contributed by atoms with E-state index in [9.17, 15) is 4.79 Å². The van der Waals surface area contributed by atoms with Gasteiger partial charge in [0.25, 0.3) is 0 Å². The Kier molecular flexibility index (Phi) is 6.02. The fourth-order valence-corrected chi connectivity index (χ4v) is 2.29. The fourth-order valence-electron chi connectivity index (χ4n) is 1.93. The van der Waals surface area contributed by atoms with Gasteiger partial charge in [-0.2, -0.15) is 0 Å². The molecule has 23 heavy (non-hydrogen) atoms. The Balaban J connectivity index is 2.08. The zero-order valence-electron chi connectivity index (χ0n) is 12.7. The number of rotatable bonds is 6. The van der Waals surface area contributed by atoms with Crippen molar-refractivity contribution in [2.75, 3.05) is 7.11 Å². The highest BCUT2D eigenvalue weighted by Gasteiger charge is 2.08. The van der Waals surface area contributed by atoms with Crippen molar-refractivity contribution in [1.82, 2.24) is 0 Å². The van der Waals surface area contributed by atoms with Crippen molar-refractivity contribution in [2.45, 2.75) is 13.5 Å². The van der Waals surface area contributed by atoms with E-state index in [4.69, 9.17) is 32.8 Å². The highest BCUT2D eigenvalue weighted by molar-refractivity contribution is 6.43. The van der Waals surface area contributed by atoms with Crippen LogP contribution in [0, 0.1) is 0 Å². The molecule has 0 aromatic heterocycles. The van der Waals surface area contributed by atoms with Crippen LogP contribution in [-0.2, 0) is 11.4 Å². The predicted molar refractivity (Wildman–Crippen MR) is 91.8 cm³/mol. The molecule has 0 saturated heterocycles. The quantitative estimate of drug-likeness (QED) is 0.428. The molecule has 0 spiro atoms. The number of ketones is 1. The highest BCUT2D eigenvalue weighted by Crippen LogP contribution is 2.24. The first-order chi connectivity index (χ1) is 11.0. The van der Waals surface area contributed by atoms with Crippen LogP contribution in [0.1, 0.15) is 28.4 Å². The number of ether oxygens (including phenoxy) is 1. The number of hydrogen-bond donors (Lipinski definition) is 0. The van der Waals surface area contributed by atoms with Crippen LogP contribution in [0.4, 0.5) is 0 Å². The summed E-state index contributed by atoms with van der Waals surface area (Å²) in [4.78, 5) is 16.7. The molecule has 120 valence electrons. The van der Waals surface area contributed by atoms with E-state index in [0.717, 1.165) is 5.56 Å². The van der Waals surface area contributed by atoms with Gasteiger partial charge in [0.2, 0.25) is 0 Å². The summed E-state index contributed by atoms with van der Waals surface area (Å²) in [5.41, 5.74) is 1.98. The number of benzene rings is 2. The third-order valence-electron chi connectivity index (χ3n) is 3.15. The maximum atomic E-state index is 11.4. The molecule has 0 atom stereocenters. The van der Waals surface area contributed by atoms with Gasteiger partial charge in [0.1, 0.15) is 12.4 Å². The number of halogens is 2. The molecule has 4 nitrogen and oxygen atoms in total. The van der Waals surface area contributed by atoms with Gasteiger partial charge in [0.05, 0.1) is 23.4 Å². The lowest BCUT2D eigenvalue weighted by Crippen LogP contribution is -1.99. The molecule has 2 rings (SSSR count). The smallest absolute Gasteiger partial charge is 0.159 e. The first-order valence-electron chi connectivity index (χ1n) is 6.80. The molecule has 0 aliphatic heterocycles. The average Bonchev–Trinajstić information content (AvgIpc) is 2.55. The molecule has 0 amide bonds. The van der Waals surface area contributed by atoms with Crippen LogP contribution >= 0.6 is 23.2 Å². The highest BCUT2D eigenvalue weighted by atomic mass is 35.5. The van der Waals surface area contributed by atoms with Crippen LogP contribution in [0.15, 0.2) is 41.6 Å². The van der Waals surface area contributed by atoms with Gasteiger partial charge in [-0.15, -0.1) is 0 Å². The predicted octanol–water partition coefficient (Wildman–Crippen LogP) is 4.76. The number of oxime groups is 1. The van der Waals surface area contributed by atoms with Crippen molar-refractivity contribution < 1.29 is 14.4 Å². The lowest BCUT2D eigenvalue weighted by Gasteiger charge is -2.08. The zero-order chi connectivity index (χ0) is 16.8. The summed E-state index contributed by atoms with van der Waals surface area (Å²) in [5, 5.41) is 4.75. The summed E-state index contributed by atoms with van der Waals surface area (Å²) in [5.74, 6) is 0.606. The molecule has 0 aliphatic rings. The number of Topliss-reactive ketones (excluding diaryl/α,β-unsaturated/α-hetero) is 1. The summed E-state index contributed by atoms with van der Waals surface area (Å²) in [6.45, 7) is 1.67. The van der Waals surface area contributed by atoms with Crippen LogP contribution in [0.2, 0.25) is 10.0 Å². The van der Waals surface area contributed by atoms with Crippen molar-refractivity contribution in [3.05, 3.63) is 63.1 Å². The van der Waals surface area contributed by atoms with Gasteiger partial charge < -0.3 is 9.57 Å². The molecule has 0 heterocycles. The summed E-state index contributed by atoms with van der Waals surface area (Å²) in [6.07, 6.45) is 1.48. The van der Waals surface area contributed by atoms with E-state index in [2.05, 4.69) is 5.16 Å². The van der Waals surface area contributed by atoms with Crippen molar-refractivity contribution in [3.8, 4) is 5.75 Å².